The number of thioether (sulfide) groups is 2. The Morgan fingerprint density at radius 3 is 1.44 bits per heavy atom. The molecule has 3 N–H and O–H groups in total. The van der Waals surface area contributed by atoms with Crippen LogP contribution in [0.15, 0.2) is 105 Å². The molecule has 0 radical (unpaired) electrons. The average Bonchev–Trinajstić information content (AvgIpc) is 3.73. The van der Waals surface area contributed by atoms with Gasteiger partial charge in [0.15, 0.2) is 33.3 Å². The molecule has 2 fully saturated rings. The van der Waals surface area contributed by atoms with Crippen molar-refractivity contribution in [3.63, 3.8) is 0 Å². The van der Waals surface area contributed by atoms with Gasteiger partial charge in [-0.25, -0.2) is 9.98 Å². The summed E-state index contributed by atoms with van der Waals surface area (Å²) in [5.41, 5.74) is 2.67. The zero-order chi connectivity index (χ0) is 44.0. The summed E-state index contributed by atoms with van der Waals surface area (Å²) in [6.07, 6.45) is 7.30. The number of rotatable bonds is 19. The summed E-state index contributed by atoms with van der Waals surface area (Å²) in [5.74, 6) is 0.142. The number of hydrogen-bond acceptors (Lipinski definition) is 13. The first-order chi connectivity index (χ1) is 30.1. The number of phenols is 2. The number of para-hydroxylation sites is 2. The van der Waals surface area contributed by atoms with E-state index >= 15 is 0 Å². The van der Waals surface area contributed by atoms with Gasteiger partial charge in [0, 0.05) is 26.1 Å². The van der Waals surface area contributed by atoms with Gasteiger partial charge in [-0.1, -0.05) is 49.2 Å². The van der Waals surface area contributed by atoms with Gasteiger partial charge >= 0.3 is 0 Å². The van der Waals surface area contributed by atoms with Crippen LogP contribution in [-0.4, -0.2) is 96.1 Å². The molecule has 6 rings (SSSR count). The van der Waals surface area contributed by atoms with Crippen molar-refractivity contribution in [3.05, 3.63) is 106 Å². The Morgan fingerprint density at radius 1 is 0.613 bits per heavy atom. The fourth-order valence-electron chi connectivity index (χ4n) is 6.56. The summed E-state index contributed by atoms with van der Waals surface area (Å²) in [7, 11) is 5.78. The summed E-state index contributed by atoms with van der Waals surface area (Å²) < 4.78 is 21.2. The maximum absolute atomic E-state index is 13.7. The van der Waals surface area contributed by atoms with Crippen molar-refractivity contribution in [1.29, 1.82) is 0 Å². The highest BCUT2D eigenvalue weighted by Gasteiger charge is 2.34. The van der Waals surface area contributed by atoms with E-state index in [1.807, 2.05) is 60.7 Å². The molecule has 0 unspecified atom stereocenters. The Balaban J connectivity index is 0.993. The number of carbonyl (C=O) groups is 3. The summed E-state index contributed by atoms with van der Waals surface area (Å²) in [6.45, 7) is 1.28. The van der Waals surface area contributed by atoms with Crippen LogP contribution in [0.25, 0.3) is 12.2 Å². The number of amidine groups is 2. The van der Waals surface area contributed by atoms with Gasteiger partial charge in [-0.15, -0.1) is 0 Å². The van der Waals surface area contributed by atoms with Crippen LogP contribution in [0, 0.1) is 0 Å². The number of unbranched alkanes of at least 4 members (excludes halogenated alkanes) is 3. The molecule has 16 heteroatoms. The molecule has 2 aliphatic heterocycles. The van der Waals surface area contributed by atoms with Crippen molar-refractivity contribution < 1.29 is 43.5 Å². The molecule has 4 aromatic rings. The minimum absolute atomic E-state index is 0.102. The number of nitrogens with zero attached hydrogens (tertiary/aromatic N) is 4. The van der Waals surface area contributed by atoms with E-state index in [4.69, 9.17) is 28.9 Å². The van der Waals surface area contributed by atoms with Gasteiger partial charge in [0.25, 0.3) is 11.8 Å². The summed E-state index contributed by atoms with van der Waals surface area (Å²) in [6, 6.07) is 25.3. The maximum atomic E-state index is 13.7. The minimum atomic E-state index is -0.241. The number of phenolic OH excluding ortho intramolecular Hbond substituents is 2. The molecule has 0 aromatic heterocycles. The third-order valence-corrected chi connectivity index (χ3v) is 11.8. The molecule has 4 aromatic carbocycles. The van der Waals surface area contributed by atoms with E-state index in [0.717, 1.165) is 31.4 Å². The van der Waals surface area contributed by atoms with E-state index in [-0.39, 0.29) is 58.6 Å². The first kappa shape index (κ1) is 45.1. The average molecular weight is 880 g/mol. The highest BCUT2D eigenvalue weighted by molar-refractivity contribution is 8.19. The molecule has 0 saturated carbocycles. The highest BCUT2D eigenvalue weighted by Crippen LogP contribution is 2.42. The largest absolute Gasteiger partial charge is 0.502 e. The van der Waals surface area contributed by atoms with Gasteiger partial charge in [0.1, 0.15) is 0 Å². The molecule has 14 nitrogen and oxygen atoms in total. The second-order valence-corrected chi connectivity index (χ2v) is 16.0. The van der Waals surface area contributed by atoms with Crippen molar-refractivity contribution in [3.8, 4) is 34.5 Å². The maximum Gasteiger partial charge on any atom is 0.266 e. The molecule has 2 heterocycles. The normalized spacial score (nSPS) is 16.5. The van der Waals surface area contributed by atoms with E-state index < -0.39 is 0 Å². The number of benzene rings is 4. The zero-order valence-corrected chi connectivity index (χ0v) is 36.6. The predicted octanol–water partition coefficient (Wildman–Crippen LogP) is 8.50. The number of aliphatic imine (C=N–C) groups is 2. The van der Waals surface area contributed by atoms with E-state index in [9.17, 15) is 24.6 Å². The summed E-state index contributed by atoms with van der Waals surface area (Å²) in [4.78, 5) is 54.0. The minimum Gasteiger partial charge on any atom is -0.502 e. The number of methoxy groups -OCH3 is 4. The Labute approximate surface area is 369 Å². The number of nitrogens with one attached hydrogen (secondary N) is 1. The molecule has 2 saturated heterocycles. The molecule has 62 heavy (non-hydrogen) atoms. The third-order valence-electron chi connectivity index (χ3n) is 9.75. The smallest absolute Gasteiger partial charge is 0.266 e. The van der Waals surface area contributed by atoms with Crippen LogP contribution in [0.2, 0.25) is 0 Å². The Bertz CT molecular complexity index is 2320. The molecule has 0 aliphatic carbocycles. The fourth-order valence-corrected chi connectivity index (χ4v) is 8.61. The number of ether oxygens (including phenoxy) is 4. The van der Waals surface area contributed by atoms with Crippen molar-refractivity contribution in [2.75, 3.05) is 48.1 Å². The monoisotopic (exact) mass is 879 g/mol. The van der Waals surface area contributed by atoms with E-state index in [1.165, 1.54) is 52.0 Å². The van der Waals surface area contributed by atoms with Crippen LogP contribution in [0.5, 0.6) is 34.5 Å². The molecule has 2 aliphatic rings. The molecular weight excluding hydrogens is 831 g/mol. The van der Waals surface area contributed by atoms with Crippen LogP contribution in [0.4, 0.5) is 11.4 Å². The predicted molar refractivity (Wildman–Crippen MR) is 245 cm³/mol. The van der Waals surface area contributed by atoms with Crippen LogP contribution in [0.3, 0.4) is 0 Å². The van der Waals surface area contributed by atoms with E-state index in [1.54, 1.807) is 46.2 Å². The number of amides is 3. The second kappa shape index (κ2) is 21.9. The highest BCUT2D eigenvalue weighted by atomic mass is 32.2. The number of hydrogen-bond donors (Lipinski definition) is 3. The second-order valence-electron chi connectivity index (χ2n) is 14.0. The molecule has 0 bridgehead atoms. The third kappa shape index (κ3) is 11.5. The van der Waals surface area contributed by atoms with Crippen LogP contribution < -0.4 is 24.3 Å². The van der Waals surface area contributed by atoms with Crippen molar-refractivity contribution >= 4 is 75.1 Å². The lowest BCUT2D eigenvalue weighted by Gasteiger charge is -2.16. The van der Waals surface area contributed by atoms with Gasteiger partial charge in [0.05, 0.1) is 49.6 Å². The molecular formula is C46H49N5O9S2. The first-order valence-electron chi connectivity index (χ1n) is 20.0. The Morgan fingerprint density at radius 2 is 1.02 bits per heavy atom. The molecule has 324 valence electrons. The topological polar surface area (TPSA) is 172 Å². The SMILES string of the molecule is COc1cc(/C=C2\S/C(=N\c3ccccc3)N(CCCCCCNC(=O)CCCN3C(=O)/C(=C/c4cc(OC)c(O)c(OC)c4)S/C3=N\c3ccccc3)C2=O)cc(OC)c1O. The zero-order valence-electron chi connectivity index (χ0n) is 35.0. The standard InChI is InChI=1S/C46H49N5O9S2/c1-57-34-24-30(25-35(58-2)41(34)53)28-38-43(55)50(45(61-38)48-32-16-9-7-10-17-32)22-14-6-5-13-21-47-40(52)20-15-23-51-44(56)39(62-46(51)49-33-18-11-8-12-19-33)29-31-26-36(59-3)42(54)37(27-31)60-4/h7-12,16-19,24-29,53-54H,5-6,13-15,20-23H2,1-4H3,(H,47,52)/b38-28-,39-29-,48-45-,49-46-. The fraction of sp³-hybridized carbons (Fsp3) is 0.283. The molecule has 0 atom stereocenters. The van der Waals surface area contributed by atoms with Gasteiger partial charge in [0.2, 0.25) is 17.4 Å². The number of aromatic hydroxyl groups is 2. The lowest BCUT2D eigenvalue weighted by atomic mass is 10.1. The first-order valence-corrected chi connectivity index (χ1v) is 21.6. The van der Waals surface area contributed by atoms with Gasteiger partial charge in [-0.2, -0.15) is 0 Å². The van der Waals surface area contributed by atoms with Crippen molar-refractivity contribution in [2.24, 2.45) is 9.98 Å². The number of carbonyl (C=O) groups excluding carboxylic acids is 3. The van der Waals surface area contributed by atoms with Gasteiger partial charge in [-0.05, 0) is 115 Å². The quantitative estimate of drug-likeness (QED) is 0.0609. The van der Waals surface area contributed by atoms with Crippen LogP contribution in [0.1, 0.15) is 49.7 Å². The van der Waals surface area contributed by atoms with Crippen LogP contribution >= 0.6 is 23.5 Å². The van der Waals surface area contributed by atoms with Crippen molar-refractivity contribution in [2.45, 2.75) is 38.5 Å². The van der Waals surface area contributed by atoms with Crippen LogP contribution in [-0.2, 0) is 14.4 Å². The Hall–Kier alpha value is -6.39. The van der Waals surface area contributed by atoms with Crippen molar-refractivity contribution in [1.82, 2.24) is 15.1 Å². The molecule has 3 amide bonds. The van der Waals surface area contributed by atoms with Gasteiger partial charge < -0.3 is 34.5 Å². The lowest BCUT2D eigenvalue weighted by molar-refractivity contribution is -0.124. The summed E-state index contributed by atoms with van der Waals surface area (Å²) >= 11 is 2.52. The molecule has 0 spiro atoms. The van der Waals surface area contributed by atoms with E-state index in [0.29, 0.717) is 63.0 Å². The summed E-state index contributed by atoms with van der Waals surface area (Å²) in [5, 5.41) is 24.8. The van der Waals surface area contributed by atoms with E-state index in [2.05, 4.69) is 5.32 Å². The Kier molecular flexibility index (Phi) is 16.0. The van der Waals surface area contributed by atoms with Gasteiger partial charge in [-0.3, -0.25) is 24.2 Å². The lowest BCUT2D eigenvalue weighted by Crippen LogP contribution is -2.31.